The largest absolute Gasteiger partial charge is 0.495 e. The molecule has 0 radical (unpaired) electrons. The number of ether oxygens (including phenoxy) is 1. The zero-order chi connectivity index (χ0) is 22.0. The minimum atomic E-state index is -0.458. The number of nitrogens with one attached hydrogen (secondary N) is 1. The molecule has 0 bridgehead atoms. The molecule has 0 saturated heterocycles. The standard InChI is InChI=1S/C23H25N3O3S2/c1-4-13-26-22(28)19-15-9-5-8-12-18(15)31-21(19)25-23(26)30-14(2)20(27)24-16-10-6-7-11-17(16)29-3/h4,6-7,10-11,14H,1,5,8-9,12-13H2,2-3H3,(H,24,27)/t14-/m0/s1. The number of methoxy groups -OCH3 is 1. The molecule has 0 fully saturated rings. The fraction of sp³-hybridized carbons (Fsp3) is 0.348. The van der Waals surface area contributed by atoms with Crippen LogP contribution in [0.5, 0.6) is 5.75 Å². The van der Waals surface area contributed by atoms with Crippen LogP contribution < -0.4 is 15.6 Å². The molecular weight excluding hydrogens is 430 g/mol. The van der Waals surface area contributed by atoms with Crippen molar-refractivity contribution in [1.29, 1.82) is 0 Å². The summed E-state index contributed by atoms with van der Waals surface area (Å²) in [4.78, 5) is 33.1. The van der Waals surface area contributed by atoms with Gasteiger partial charge in [0.2, 0.25) is 5.91 Å². The van der Waals surface area contributed by atoms with E-state index >= 15 is 0 Å². The predicted molar refractivity (Wildman–Crippen MR) is 128 cm³/mol. The maximum Gasteiger partial charge on any atom is 0.263 e. The van der Waals surface area contributed by atoms with Gasteiger partial charge in [-0.2, -0.15) is 0 Å². The van der Waals surface area contributed by atoms with Gasteiger partial charge in [0.15, 0.2) is 5.16 Å². The molecule has 1 amide bonds. The third kappa shape index (κ3) is 4.27. The van der Waals surface area contributed by atoms with Crippen molar-refractivity contribution in [1.82, 2.24) is 9.55 Å². The van der Waals surface area contributed by atoms with Gasteiger partial charge >= 0.3 is 0 Å². The summed E-state index contributed by atoms with van der Waals surface area (Å²) < 4.78 is 6.94. The number of hydrogen-bond acceptors (Lipinski definition) is 6. The Morgan fingerprint density at radius 3 is 2.94 bits per heavy atom. The fourth-order valence-corrected chi connectivity index (χ4v) is 6.01. The number of anilines is 1. The summed E-state index contributed by atoms with van der Waals surface area (Å²) in [7, 11) is 1.57. The minimum absolute atomic E-state index is 0.0378. The number of para-hydroxylation sites is 2. The average Bonchev–Trinajstić information content (AvgIpc) is 3.15. The number of amides is 1. The Hall–Kier alpha value is -2.58. The lowest BCUT2D eigenvalue weighted by atomic mass is 9.97. The van der Waals surface area contributed by atoms with E-state index in [0.29, 0.717) is 23.1 Å². The van der Waals surface area contributed by atoms with Crippen LogP contribution in [0.25, 0.3) is 10.2 Å². The zero-order valence-electron chi connectivity index (χ0n) is 17.6. The van der Waals surface area contributed by atoms with Crippen molar-refractivity contribution >= 4 is 44.9 Å². The van der Waals surface area contributed by atoms with E-state index in [1.165, 1.54) is 22.2 Å². The topological polar surface area (TPSA) is 73.2 Å². The predicted octanol–water partition coefficient (Wildman–Crippen LogP) is 4.65. The molecule has 0 aliphatic heterocycles. The summed E-state index contributed by atoms with van der Waals surface area (Å²) in [6, 6.07) is 7.28. The van der Waals surface area contributed by atoms with Gasteiger partial charge in [-0.1, -0.05) is 30.0 Å². The molecule has 2 heterocycles. The van der Waals surface area contributed by atoms with Crippen molar-refractivity contribution in [2.75, 3.05) is 12.4 Å². The molecule has 1 N–H and O–H groups in total. The van der Waals surface area contributed by atoms with E-state index in [4.69, 9.17) is 9.72 Å². The van der Waals surface area contributed by atoms with Crippen LogP contribution in [0.2, 0.25) is 0 Å². The highest BCUT2D eigenvalue weighted by Crippen LogP contribution is 2.35. The molecule has 3 aromatic rings. The van der Waals surface area contributed by atoms with Crippen molar-refractivity contribution in [3.05, 3.63) is 57.7 Å². The first-order valence-electron chi connectivity index (χ1n) is 10.3. The van der Waals surface area contributed by atoms with Crippen molar-refractivity contribution in [3.8, 4) is 5.75 Å². The first kappa shape index (κ1) is 21.6. The van der Waals surface area contributed by atoms with Crippen LogP contribution in [0.1, 0.15) is 30.2 Å². The summed E-state index contributed by atoms with van der Waals surface area (Å²) in [5, 5.41) is 3.74. The summed E-state index contributed by atoms with van der Waals surface area (Å²) in [5.74, 6) is 0.416. The Labute approximate surface area is 189 Å². The Balaban J connectivity index is 1.65. The van der Waals surface area contributed by atoms with Crippen molar-refractivity contribution in [3.63, 3.8) is 0 Å². The second-order valence-electron chi connectivity index (χ2n) is 7.44. The Morgan fingerprint density at radius 1 is 1.39 bits per heavy atom. The molecule has 0 spiro atoms. The SMILES string of the molecule is C=CCn1c(S[C@@H](C)C(=O)Nc2ccccc2OC)nc2sc3c(c2c1=O)CCCC3. The molecule has 31 heavy (non-hydrogen) atoms. The number of carbonyl (C=O) groups is 1. The molecule has 6 nitrogen and oxygen atoms in total. The highest BCUT2D eigenvalue weighted by Gasteiger charge is 2.24. The second-order valence-corrected chi connectivity index (χ2v) is 9.83. The van der Waals surface area contributed by atoms with Gasteiger partial charge in [0.25, 0.3) is 5.56 Å². The fourth-order valence-electron chi connectivity index (χ4n) is 3.79. The van der Waals surface area contributed by atoms with Crippen LogP contribution in [0, 0.1) is 0 Å². The van der Waals surface area contributed by atoms with Crippen LogP contribution in [-0.4, -0.2) is 27.8 Å². The lowest BCUT2D eigenvalue weighted by Crippen LogP contribution is -2.27. The quantitative estimate of drug-likeness (QED) is 0.319. The molecule has 0 unspecified atom stereocenters. The van der Waals surface area contributed by atoms with E-state index in [-0.39, 0.29) is 11.5 Å². The van der Waals surface area contributed by atoms with Gasteiger partial charge in [-0.15, -0.1) is 17.9 Å². The number of carbonyl (C=O) groups excluding carboxylic acids is 1. The average molecular weight is 456 g/mol. The first-order chi connectivity index (χ1) is 15.0. The smallest absolute Gasteiger partial charge is 0.263 e. The Morgan fingerprint density at radius 2 is 2.16 bits per heavy atom. The summed E-state index contributed by atoms with van der Waals surface area (Å²) >= 11 is 2.90. The van der Waals surface area contributed by atoms with Gasteiger partial charge in [-0.05, 0) is 50.3 Å². The Bertz CT molecular complexity index is 1200. The van der Waals surface area contributed by atoms with E-state index in [2.05, 4.69) is 11.9 Å². The van der Waals surface area contributed by atoms with E-state index < -0.39 is 5.25 Å². The maximum atomic E-state index is 13.3. The normalized spacial score (nSPS) is 14.1. The van der Waals surface area contributed by atoms with E-state index in [1.54, 1.807) is 41.2 Å². The number of benzene rings is 1. The lowest BCUT2D eigenvalue weighted by molar-refractivity contribution is -0.115. The highest BCUT2D eigenvalue weighted by molar-refractivity contribution is 8.00. The molecule has 1 atom stereocenters. The van der Waals surface area contributed by atoms with Gasteiger partial charge < -0.3 is 10.1 Å². The number of thioether (sulfide) groups is 1. The third-order valence-corrected chi connectivity index (χ3v) is 7.64. The lowest BCUT2D eigenvalue weighted by Gasteiger charge is -2.16. The number of allylic oxidation sites excluding steroid dienone is 1. The van der Waals surface area contributed by atoms with Crippen LogP contribution in [0.3, 0.4) is 0 Å². The second kappa shape index (κ2) is 9.28. The van der Waals surface area contributed by atoms with Gasteiger partial charge in [-0.25, -0.2) is 4.98 Å². The molecule has 1 aliphatic rings. The molecule has 162 valence electrons. The summed E-state index contributed by atoms with van der Waals surface area (Å²) in [5.41, 5.74) is 1.74. The monoisotopic (exact) mass is 455 g/mol. The zero-order valence-corrected chi connectivity index (χ0v) is 19.3. The van der Waals surface area contributed by atoms with Crippen LogP contribution in [-0.2, 0) is 24.2 Å². The maximum absolute atomic E-state index is 13.3. The van der Waals surface area contributed by atoms with E-state index in [1.807, 2.05) is 19.1 Å². The molecule has 1 aromatic carbocycles. The minimum Gasteiger partial charge on any atom is -0.495 e. The van der Waals surface area contributed by atoms with Gasteiger partial charge in [0.05, 0.1) is 23.4 Å². The van der Waals surface area contributed by atoms with Gasteiger partial charge in [0, 0.05) is 11.4 Å². The molecule has 1 aliphatic carbocycles. The third-order valence-electron chi connectivity index (χ3n) is 5.37. The van der Waals surface area contributed by atoms with Crippen LogP contribution in [0.15, 0.2) is 46.9 Å². The summed E-state index contributed by atoms with van der Waals surface area (Å²) in [6.45, 7) is 5.96. The molecule has 0 saturated carbocycles. The first-order valence-corrected chi connectivity index (χ1v) is 12.0. The van der Waals surface area contributed by atoms with E-state index in [0.717, 1.165) is 35.9 Å². The number of nitrogens with zero attached hydrogens (tertiary/aromatic N) is 2. The molecule has 8 heteroatoms. The number of rotatable bonds is 7. The summed E-state index contributed by atoms with van der Waals surface area (Å²) in [6.07, 6.45) is 5.90. The van der Waals surface area contributed by atoms with Gasteiger partial charge in [-0.3, -0.25) is 14.2 Å². The van der Waals surface area contributed by atoms with E-state index in [9.17, 15) is 9.59 Å². The molecular formula is C23H25N3O3S2. The number of thiophene rings is 1. The number of aromatic nitrogens is 2. The molecule has 4 rings (SSSR count). The van der Waals surface area contributed by atoms with Crippen LogP contribution in [0.4, 0.5) is 5.69 Å². The number of fused-ring (bicyclic) bond motifs is 3. The van der Waals surface area contributed by atoms with Crippen molar-refractivity contribution in [2.45, 2.75) is 49.6 Å². The Kier molecular flexibility index (Phi) is 6.48. The van der Waals surface area contributed by atoms with Gasteiger partial charge in [0.1, 0.15) is 10.6 Å². The highest BCUT2D eigenvalue weighted by atomic mass is 32.2. The van der Waals surface area contributed by atoms with Crippen LogP contribution >= 0.6 is 23.1 Å². The molecule has 2 aromatic heterocycles. The van der Waals surface area contributed by atoms with Crippen molar-refractivity contribution in [2.24, 2.45) is 0 Å². The van der Waals surface area contributed by atoms with Crippen molar-refractivity contribution < 1.29 is 9.53 Å². The number of aryl methyl sites for hydroxylation is 2. The number of hydrogen-bond donors (Lipinski definition) is 1.